The number of fused-ring (bicyclic) bond motifs is 1. The van der Waals surface area contributed by atoms with Gasteiger partial charge in [0.2, 0.25) is 10.0 Å². The second kappa shape index (κ2) is 13.8. The van der Waals surface area contributed by atoms with Gasteiger partial charge in [-0.25, -0.2) is 28.5 Å². The summed E-state index contributed by atoms with van der Waals surface area (Å²) in [5.74, 6) is 0.699. The lowest BCUT2D eigenvalue weighted by molar-refractivity contribution is 0.288. The van der Waals surface area contributed by atoms with E-state index in [0.717, 1.165) is 49.2 Å². The van der Waals surface area contributed by atoms with E-state index in [1.165, 1.54) is 12.1 Å². The molecule has 3 N–H and O–H groups in total. The molecule has 2 heterocycles. The van der Waals surface area contributed by atoms with E-state index in [2.05, 4.69) is 50.5 Å². The van der Waals surface area contributed by atoms with Crippen LogP contribution in [0.15, 0.2) is 41.8 Å². The molecule has 1 atom stereocenters. The molecule has 1 unspecified atom stereocenters. The Hall–Kier alpha value is -1.98. The molecule has 0 aliphatic rings. The Balaban J connectivity index is 0.00000289. The van der Waals surface area contributed by atoms with Crippen LogP contribution in [-0.4, -0.2) is 59.0 Å². The quantitative estimate of drug-likeness (QED) is 0.365. The molecule has 0 radical (unpaired) electrons. The van der Waals surface area contributed by atoms with Gasteiger partial charge in [0.25, 0.3) is 0 Å². The Bertz CT molecular complexity index is 1120. The van der Waals surface area contributed by atoms with Crippen molar-refractivity contribution in [1.29, 1.82) is 0 Å². The van der Waals surface area contributed by atoms with Crippen LogP contribution in [0.25, 0.3) is 11.2 Å². The highest BCUT2D eigenvalue weighted by atomic mass is 35.5. The zero-order valence-corrected chi connectivity index (χ0v) is 22.3. The van der Waals surface area contributed by atoms with Crippen molar-refractivity contribution in [3.05, 3.63) is 42.5 Å². The fraction of sp³-hybridized carbons (Fsp3) is 0.500. The number of nitrogens with zero attached hydrogens (tertiary/aromatic N) is 5. The number of nitrogens with one attached hydrogen (secondary N) is 1. The summed E-state index contributed by atoms with van der Waals surface area (Å²) in [5.41, 5.74) is 2.59. The van der Waals surface area contributed by atoms with E-state index in [1.54, 1.807) is 18.5 Å². The van der Waals surface area contributed by atoms with Gasteiger partial charge in [0, 0.05) is 12.6 Å². The summed E-state index contributed by atoms with van der Waals surface area (Å²) in [5, 5.41) is 8.48. The average molecular weight is 533 g/mol. The van der Waals surface area contributed by atoms with Gasteiger partial charge in [-0.3, -0.25) is 0 Å². The lowest BCUT2D eigenvalue weighted by Crippen LogP contribution is -2.24. The maximum atomic E-state index is 11.4. The molecule has 12 heteroatoms. The molecule has 1 aromatic carbocycles. The third kappa shape index (κ3) is 7.78. The molecule has 0 saturated heterocycles. The van der Waals surface area contributed by atoms with Crippen LogP contribution >= 0.6 is 24.8 Å². The molecular formula is C22H35Cl2N7O2S. The van der Waals surface area contributed by atoms with Crippen LogP contribution in [0.3, 0.4) is 0 Å². The Morgan fingerprint density at radius 2 is 1.76 bits per heavy atom. The first-order valence-corrected chi connectivity index (χ1v) is 12.6. The van der Waals surface area contributed by atoms with E-state index in [4.69, 9.17) is 5.14 Å². The zero-order chi connectivity index (χ0) is 23.1. The van der Waals surface area contributed by atoms with Crippen LogP contribution in [-0.2, 0) is 16.4 Å². The average Bonchev–Trinajstić information content (AvgIpc) is 3.21. The second-order valence-corrected chi connectivity index (χ2v) is 9.49. The first-order valence-electron chi connectivity index (χ1n) is 11.1. The van der Waals surface area contributed by atoms with Crippen molar-refractivity contribution in [2.24, 2.45) is 5.14 Å². The minimum absolute atomic E-state index is 0. The Kier molecular flexibility index (Phi) is 12.2. The smallest absolute Gasteiger partial charge is 0.238 e. The van der Waals surface area contributed by atoms with E-state index in [0.29, 0.717) is 24.8 Å². The van der Waals surface area contributed by atoms with Crippen LogP contribution in [0.5, 0.6) is 0 Å². The van der Waals surface area contributed by atoms with Crippen molar-refractivity contribution in [2.75, 3.05) is 31.5 Å². The van der Waals surface area contributed by atoms with Gasteiger partial charge in [0.15, 0.2) is 11.5 Å². The molecule has 3 rings (SSSR count). The number of aromatic nitrogens is 4. The monoisotopic (exact) mass is 531 g/mol. The van der Waals surface area contributed by atoms with Crippen molar-refractivity contribution < 1.29 is 8.42 Å². The molecule has 0 aliphatic heterocycles. The van der Waals surface area contributed by atoms with Gasteiger partial charge in [-0.2, -0.15) is 0 Å². The van der Waals surface area contributed by atoms with Crippen LogP contribution < -0.4 is 10.5 Å². The number of anilines is 1. The highest BCUT2D eigenvalue weighted by Crippen LogP contribution is 2.23. The number of primary sulfonamides is 1. The minimum atomic E-state index is -3.67. The van der Waals surface area contributed by atoms with Crippen molar-refractivity contribution in [3.63, 3.8) is 0 Å². The zero-order valence-electron chi connectivity index (χ0n) is 19.8. The van der Waals surface area contributed by atoms with Gasteiger partial charge in [-0.15, -0.1) is 24.8 Å². The van der Waals surface area contributed by atoms with Crippen LogP contribution in [0, 0.1) is 0 Å². The molecule has 3 aromatic rings. The lowest BCUT2D eigenvalue weighted by Gasteiger charge is -2.20. The molecule has 0 spiro atoms. The summed E-state index contributed by atoms with van der Waals surface area (Å²) in [6.07, 6.45) is 6.30. The summed E-state index contributed by atoms with van der Waals surface area (Å²) in [7, 11) is -3.67. The van der Waals surface area contributed by atoms with E-state index in [1.807, 2.05) is 6.33 Å². The third-order valence-electron chi connectivity index (χ3n) is 5.78. The normalized spacial score (nSPS) is 12.3. The predicted molar refractivity (Wildman–Crippen MR) is 142 cm³/mol. The molecule has 34 heavy (non-hydrogen) atoms. The molecule has 2 aromatic heterocycles. The largest absolute Gasteiger partial charge is 0.368 e. The highest BCUT2D eigenvalue weighted by molar-refractivity contribution is 7.89. The number of nitrogens with two attached hydrogens (primary N) is 1. The molecule has 0 amide bonds. The maximum absolute atomic E-state index is 11.4. The first-order chi connectivity index (χ1) is 15.3. The summed E-state index contributed by atoms with van der Waals surface area (Å²) in [6, 6.07) is 6.89. The number of rotatable bonds is 12. The van der Waals surface area contributed by atoms with Gasteiger partial charge in [0.05, 0.1) is 11.2 Å². The standard InChI is InChI=1S/C22H33N7O2S.2ClH/c1-4-28(5-2)14-6-7-17(3)29-16-27-20-21(25-15-26-22(20)29)24-13-12-18-8-10-19(11-9-18)32(23,30)31;;/h8-11,15-17H,4-7,12-14H2,1-3H3,(H2,23,30,31)(H,24,25,26);2*1H. The number of hydrogen-bond donors (Lipinski definition) is 2. The van der Waals surface area contributed by atoms with Gasteiger partial charge >= 0.3 is 0 Å². The van der Waals surface area contributed by atoms with Gasteiger partial charge < -0.3 is 14.8 Å². The fourth-order valence-electron chi connectivity index (χ4n) is 3.76. The Labute approximate surface area is 214 Å². The predicted octanol–water partition coefficient (Wildman–Crippen LogP) is 3.65. The summed E-state index contributed by atoms with van der Waals surface area (Å²) in [6.45, 7) is 10.5. The second-order valence-electron chi connectivity index (χ2n) is 7.93. The maximum Gasteiger partial charge on any atom is 0.238 e. The van der Waals surface area contributed by atoms with Crippen molar-refractivity contribution in [3.8, 4) is 0 Å². The Morgan fingerprint density at radius 3 is 2.38 bits per heavy atom. The number of benzene rings is 1. The van der Waals surface area contributed by atoms with Crippen LogP contribution in [0.4, 0.5) is 5.82 Å². The molecule has 0 saturated carbocycles. The number of imidazole rings is 1. The molecule has 0 bridgehead atoms. The van der Waals surface area contributed by atoms with E-state index < -0.39 is 10.0 Å². The van der Waals surface area contributed by atoms with Gasteiger partial charge in [-0.1, -0.05) is 26.0 Å². The highest BCUT2D eigenvalue weighted by Gasteiger charge is 2.14. The van der Waals surface area contributed by atoms with Crippen molar-refractivity contribution in [1.82, 2.24) is 24.4 Å². The topological polar surface area (TPSA) is 119 Å². The Morgan fingerprint density at radius 1 is 1.09 bits per heavy atom. The summed E-state index contributed by atoms with van der Waals surface area (Å²) < 4.78 is 24.9. The van der Waals surface area contributed by atoms with Crippen LogP contribution in [0.2, 0.25) is 0 Å². The van der Waals surface area contributed by atoms with Gasteiger partial charge in [0.1, 0.15) is 11.8 Å². The molecular weight excluding hydrogens is 497 g/mol. The first kappa shape index (κ1) is 30.1. The van der Waals surface area contributed by atoms with E-state index >= 15 is 0 Å². The molecule has 0 fully saturated rings. The lowest BCUT2D eigenvalue weighted by atomic mass is 10.1. The number of hydrogen-bond acceptors (Lipinski definition) is 7. The number of sulfonamides is 1. The van der Waals surface area contributed by atoms with Crippen LogP contribution in [0.1, 0.15) is 45.2 Å². The third-order valence-corrected chi connectivity index (χ3v) is 6.71. The van der Waals surface area contributed by atoms with Gasteiger partial charge in [-0.05, 0) is 63.5 Å². The summed E-state index contributed by atoms with van der Waals surface area (Å²) in [4.78, 5) is 15.9. The molecule has 190 valence electrons. The fourth-order valence-corrected chi connectivity index (χ4v) is 4.28. The number of halogens is 2. The van der Waals surface area contributed by atoms with E-state index in [-0.39, 0.29) is 29.7 Å². The van der Waals surface area contributed by atoms with Crippen molar-refractivity contribution in [2.45, 2.75) is 51.0 Å². The molecule has 0 aliphatic carbocycles. The molecule has 9 nitrogen and oxygen atoms in total. The summed E-state index contributed by atoms with van der Waals surface area (Å²) >= 11 is 0. The van der Waals surface area contributed by atoms with Crippen molar-refractivity contribution >= 4 is 51.8 Å². The van der Waals surface area contributed by atoms with E-state index in [9.17, 15) is 8.42 Å². The SMILES string of the molecule is CCN(CC)CCCC(C)n1cnc2c(NCCc3ccc(S(N)(=O)=O)cc3)ncnc21.Cl.Cl. The minimum Gasteiger partial charge on any atom is -0.368 e.